The first kappa shape index (κ1) is 11.4. The molecule has 0 radical (unpaired) electrons. The summed E-state index contributed by atoms with van der Waals surface area (Å²) in [5, 5.41) is 17.3. The maximum Gasteiger partial charge on any atom is 0.303 e. The van der Waals surface area contributed by atoms with E-state index in [9.17, 15) is 4.79 Å². The van der Waals surface area contributed by atoms with E-state index in [-0.39, 0.29) is 12.5 Å². The molecular weight excluding hydrogens is 158 g/mol. The molecule has 0 rings (SSSR count). The Hall–Kier alpha value is -0.610. The molecule has 0 heterocycles. The van der Waals surface area contributed by atoms with Crippen LogP contribution in [0.15, 0.2) is 0 Å². The predicted molar refractivity (Wildman–Crippen MR) is 45.8 cm³/mol. The van der Waals surface area contributed by atoms with Crippen LogP contribution in [0.5, 0.6) is 0 Å². The summed E-state index contributed by atoms with van der Waals surface area (Å²) in [4.78, 5) is 10.1. The zero-order valence-electron chi connectivity index (χ0n) is 7.36. The third-order valence-electron chi connectivity index (χ3n) is 1.80. The number of nitrogens with two attached hydrogens (primary N) is 1. The van der Waals surface area contributed by atoms with E-state index < -0.39 is 12.1 Å². The number of hydrogen-bond donors (Lipinski definition) is 3. The van der Waals surface area contributed by atoms with Crippen molar-refractivity contribution in [2.24, 2.45) is 5.73 Å². The fourth-order valence-corrected chi connectivity index (χ4v) is 0.897. The molecule has 4 nitrogen and oxygen atoms in total. The molecule has 0 aromatic carbocycles. The molecule has 0 fully saturated rings. The van der Waals surface area contributed by atoms with Crippen molar-refractivity contribution in [1.82, 2.24) is 0 Å². The van der Waals surface area contributed by atoms with E-state index in [0.29, 0.717) is 12.8 Å². The summed E-state index contributed by atoms with van der Waals surface area (Å²) in [7, 11) is 0. The van der Waals surface area contributed by atoms with Crippen molar-refractivity contribution in [3.05, 3.63) is 0 Å². The van der Waals surface area contributed by atoms with Gasteiger partial charge in [0.15, 0.2) is 0 Å². The summed E-state index contributed by atoms with van der Waals surface area (Å²) in [5.41, 5.74) is 5.54. The second kappa shape index (κ2) is 5.97. The molecular formula is C8H17NO3. The van der Waals surface area contributed by atoms with Crippen LogP contribution >= 0.6 is 0 Å². The van der Waals surface area contributed by atoms with E-state index in [2.05, 4.69) is 0 Å². The van der Waals surface area contributed by atoms with Gasteiger partial charge in [0.25, 0.3) is 0 Å². The molecule has 0 saturated heterocycles. The summed E-state index contributed by atoms with van der Waals surface area (Å²) in [6.07, 6.45) is 1.76. The molecule has 4 N–H and O–H groups in total. The third-order valence-corrected chi connectivity index (χ3v) is 1.80. The Bertz CT molecular complexity index is 136. The predicted octanol–water partition coefficient (Wildman–Crippen LogP) is 0.339. The number of aliphatic hydroxyl groups excluding tert-OH is 1. The second-order valence-corrected chi connectivity index (χ2v) is 3.04. The normalized spacial score (nSPS) is 15.6. The minimum atomic E-state index is -0.777. The Labute approximate surface area is 72.4 Å². The highest BCUT2D eigenvalue weighted by molar-refractivity contribution is 5.66. The van der Waals surface area contributed by atoms with Crippen molar-refractivity contribution < 1.29 is 15.0 Å². The van der Waals surface area contributed by atoms with Gasteiger partial charge in [-0.25, -0.2) is 0 Å². The van der Waals surface area contributed by atoms with Gasteiger partial charge < -0.3 is 15.9 Å². The smallest absolute Gasteiger partial charge is 0.303 e. The molecule has 72 valence electrons. The van der Waals surface area contributed by atoms with Gasteiger partial charge in [-0.05, 0) is 19.8 Å². The lowest BCUT2D eigenvalue weighted by atomic mass is 10.1. The van der Waals surface area contributed by atoms with Gasteiger partial charge in [-0.1, -0.05) is 6.42 Å². The molecule has 4 heteroatoms. The highest BCUT2D eigenvalue weighted by Crippen LogP contribution is 2.04. The van der Waals surface area contributed by atoms with Crippen LogP contribution in [0.2, 0.25) is 0 Å². The molecule has 0 saturated carbocycles. The van der Waals surface area contributed by atoms with Crippen LogP contribution in [0, 0.1) is 0 Å². The monoisotopic (exact) mass is 175 g/mol. The van der Waals surface area contributed by atoms with E-state index in [1.807, 2.05) is 0 Å². The lowest BCUT2D eigenvalue weighted by Crippen LogP contribution is -2.32. The molecule has 0 aliphatic rings. The third kappa shape index (κ3) is 6.12. The fraction of sp³-hybridized carbons (Fsp3) is 0.875. The summed E-state index contributed by atoms with van der Waals surface area (Å²) in [6.45, 7) is 1.64. The van der Waals surface area contributed by atoms with Crippen molar-refractivity contribution in [3.63, 3.8) is 0 Å². The highest BCUT2D eigenvalue weighted by Gasteiger charge is 2.08. The van der Waals surface area contributed by atoms with Crippen molar-refractivity contribution in [2.45, 2.75) is 44.8 Å². The molecule has 0 amide bonds. The van der Waals surface area contributed by atoms with Crippen LogP contribution in [0.1, 0.15) is 32.6 Å². The van der Waals surface area contributed by atoms with Crippen LogP contribution in [-0.4, -0.2) is 28.3 Å². The van der Waals surface area contributed by atoms with E-state index in [4.69, 9.17) is 15.9 Å². The lowest BCUT2D eigenvalue weighted by molar-refractivity contribution is -0.137. The van der Waals surface area contributed by atoms with Crippen LogP contribution in [0.25, 0.3) is 0 Å². The van der Waals surface area contributed by atoms with Gasteiger partial charge in [0.2, 0.25) is 0 Å². The molecule has 0 aliphatic heterocycles. The van der Waals surface area contributed by atoms with Crippen molar-refractivity contribution in [3.8, 4) is 0 Å². The average Bonchev–Trinajstić information content (AvgIpc) is 1.97. The summed E-state index contributed by atoms with van der Waals surface area (Å²) >= 11 is 0. The number of carboxylic acid groups (broad SMARTS) is 1. The topological polar surface area (TPSA) is 83.5 Å². The Kier molecular flexibility index (Phi) is 5.66. The standard InChI is InChI=1S/C8H17NO3/c1-6(10)7(9)4-2-3-5-8(11)12/h6-7,10H,2-5,9H2,1H3,(H,11,12). The molecule has 0 spiro atoms. The Morgan fingerprint density at radius 3 is 2.50 bits per heavy atom. The molecule has 2 atom stereocenters. The maximum absolute atomic E-state index is 10.1. The van der Waals surface area contributed by atoms with Crippen LogP contribution in [-0.2, 0) is 4.79 Å². The van der Waals surface area contributed by atoms with Gasteiger partial charge in [-0.15, -0.1) is 0 Å². The van der Waals surface area contributed by atoms with Gasteiger partial charge in [0.05, 0.1) is 6.10 Å². The number of aliphatic carboxylic acids is 1. The van der Waals surface area contributed by atoms with Gasteiger partial charge in [-0.3, -0.25) is 4.79 Å². The van der Waals surface area contributed by atoms with Gasteiger partial charge in [0, 0.05) is 12.5 Å². The minimum Gasteiger partial charge on any atom is -0.481 e. The second-order valence-electron chi connectivity index (χ2n) is 3.04. The van der Waals surface area contributed by atoms with Crippen LogP contribution in [0.4, 0.5) is 0 Å². The molecule has 12 heavy (non-hydrogen) atoms. The molecule has 2 unspecified atom stereocenters. The first-order chi connectivity index (χ1) is 5.54. The van der Waals surface area contributed by atoms with Crippen LogP contribution < -0.4 is 5.73 Å². The van der Waals surface area contributed by atoms with Crippen molar-refractivity contribution in [2.75, 3.05) is 0 Å². The molecule has 0 aromatic rings. The maximum atomic E-state index is 10.1. The minimum absolute atomic E-state index is 0.187. The number of unbranched alkanes of at least 4 members (excludes halogenated alkanes) is 1. The largest absolute Gasteiger partial charge is 0.481 e. The SMILES string of the molecule is CC(O)C(N)CCCCC(=O)O. The summed E-state index contributed by atoms with van der Waals surface area (Å²) in [6, 6.07) is -0.223. The number of hydrogen-bond acceptors (Lipinski definition) is 3. The summed E-state index contributed by atoms with van der Waals surface area (Å²) in [5.74, 6) is -0.777. The zero-order chi connectivity index (χ0) is 9.56. The number of carbonyl (C=O) groups is 1. The lowest BCUT2D eigenvalue weighted by Gasteiger charge is -2.13. The van der Waals surface area contributed by atoms with Crippen LogP contribution in [0.3, 0.4) is 0 Å². The van der Waals surface area contributed by atoms with E-state index in [1.54, 1.807) is 6.92 Å². The summed E-state index contributed by atoms with van der Waals surface area (Å²) < 4.78 is 0. The number of rotatable bonds is 6. The number of carboxylic acids is 1. The van der Waals surface area contributed by atoms with E-state index in [1.165, 1.54) is 0 Å². The first-order valence-corrected chi connectivity index (χ1v) is 4.19. The molecule has 0 bridgehead atoms. The first-order valence-electron chi connectivity index (χ1n) is 4.19. The zero-order valence-corrected chi connectivity index (χ0v) is 7.36. The fourth-order valence-electron chi connectivity index (χ4n) is 0.897. The van der Waals surface area contributed by atoms with Gasteiger partial charge >= 0.3 is 5.97 Å². The Balaban J connectivity index is 3.25. The average molecular weight is 175 g/mol. The van der Waals surface area contributed by atoms with E-state index in [0.717, 1.165) is 6.42 Å². The molecule has 0 aliphatic carbocycles. The van der Waals surface area contributed by atoms with Gasteiger partial charge in [-0.2, -0.15) is 0 Å². The quantitative estimate of drug-likeness (QED) is 0.508. The van der Waals surface area contributed by atoms with Crippen molar-refractivity contribution in [1.29, 1.82) is 0 Å². The molecule has 0 aromatic heterocycles. The highest BCUT2D eigenvalue weighted by atomic mass is 16.4. The van der Waals surface area contributed by atoms with Crippen molar-refractivity contribution >= 4 is 5.97 Å². The Morgan fingerprint density at radius 2 is 2.08 bits per heavy atom. The van der Waals surface area contributed by atoms with Gasteiger partial charge in [0.1, 0.15) is 0 Å². The van der Waals surface area contributed by atoms with E-state index >= 15 is 0 Å². The number of aliphatic hydroxyl groups is 1. The Morgan fingerprint density at radius 1 is 1.50 bits per heavy atom.